The highest BCUT2D eigenvalue weighted by atomic mass is 19.1. The van der Waals surface area contributed by atoms with Gasteiger partial charge in [-0.25, -0.2) is 18.0 Å². The number of benzene rings is 2. The van der Waals surface area contributed by atoms with Gasteiger partial charge in [0, 0.05) is 5.69 Å². The number of hydrogen-bond donors (Lipinski definition) is 2. The van der Waals surface area contributed by atoms with Crippen LogP contribution in [0.5, 0.6) is 0 Å². The van der Waals surface area contributed by atoms with Gasteiger partial charge in [0.05, 0.1) is 5.56 Å². The number of para-hydroxylation sites is 1. The number of carbonyl (C=O) groups is 1. The van der Waals surface area contributed by atoms with Gasteiger partial charge in [-0.15, -0.1) is 0 Å². The van der Waals surface area contributed by atoms with Crippen molar-refractivity contribution in [1.82, 2.24) is 0 Å². The van der Waals surface area contributed by atoms with Gasteiger partial charge in [0.1, 0.15) is 23.1 Å². The fourth-order valence-corrected chi connectivity index (χ4v) is 1.55. The second-order valence-corrected chi connectivity index (χ2v) is 3.76. The Hall–Kier alpha value is -2.50. The second kappa shape index (κ2) is 5.01. The van der Waals surface area contributed by atoms with Crippen LogP contribution in [0.2, 0.25) is 0 Å². The van der Waals surface area contributed by atoms with Crippen LogP contribution in [0, 0.1) is 17.5 Å². The molecule has 0 amide bonds. The standard InChI is InChI=1S/C13H8F3NO2/c14-8-4-7(13(18)19)5-9(6-8)17-12-10(15)2-1-3-11(12)16/h1-6,17H,(H,18,19). The van der Waals surface area contributed by atoms with Crippen molar-refractivity contribution in [3.63, 3.8) is 0 Å². The van der Waals surface area contributed by atoms with Crippen LogP contribution in [0.15, 0.2) is 36.4 Å². The molecule has 3 nitrogen and oxygen atoms in total. The van der Waals surface area contributed by atoms with Gasteiger partial charge in [-0.1, -0.05) is 6.07 Å². The minimum atomic E-state index is -1.34. The summed E-state index contributed by atoms with van der Waals surface area (Å²) in [4.78, 5) is 10.7. The van der Waals surface area contributed by atoms with E-state index in [0.29, 0.717) is 0 Å². The van der Waals surface area contributed by atoms with Crippen LogP contribution in [-0.2, 0) is 0 Å². The van der Waals surface area contributed by atoms with Gasteiger partial charge in [-0.2, -0.15) is 0 Å². The van der Waals surface area contributed by atoms with Crippen molar-refractivity contribution in [2.24, 2.45) is 0 Å². The van der Waals surface area contributed by atoms with E-state index in [0.717, 1.165) is 30.3 Å². The van der Waals surface area contributed by atoms with Crippen molar-refractivity contribution in [2.45, 2.75) is 0 Å². The van der Waals surface area contributed by atoms with Crippen molar-refractivity contribution in [1.29, 1.82) is 0 Å². The predicted molar refractivity (Wildman–Crippen MR) is 63.0 cm³/mol. The van der Waals surface area contributed by atoms with Gasteiger partial charge in [0.15, 0.2) is 0 Å². The van der Waals surface area contributed by atoms with Gasteiger partial charge >= 0.3 is 5.97 Å². The maximum Gasteiger partial charge on any atom is 0.335 e. The molecule has 2 aromatic carbocycles. The van der Waals surface area contributed by atoms with Crippen LogP contribution in [0.25, 0.3) is 0 Å². The van der Waals surface area contributed by atoms with Gasteiger partial charge < -0.3 is 10.4 Å². The van der Waals surface area contributed by atoms with E-state index in [9.17, 15) is 18.0 Å². The lowest BCUT2D eigenvalue weighted by atomic mass is 10.2. The highest BCUT2D eigenvalue weighted by molar-refractivity contribution is 5.89. The smallest absolute Gasteiger partial charge is 0.335 e. The first-order valence-electron chi connectivity index (χ1n) is 5.22. The molecule has 0 saturated heterocycles. The summed E-state index contributed by atoms with van der Waals surface area (Å²) in [5, 5.41) is 11.1. The molecule has 0 aliphatic carbocycles. The van der Waals surface area contributed by atoms with Crippen LogP contribution >= 0.6 is 0 Å². The topological polar surface area (TPSA) is 49.3 Å². The predicted octanol–water partition coefficient (Wildman–Crippen LogP) is 3.55. The molecule has 0 aliphatic rings. The number of nitrogens with one attached hydrogen (secondary N) is 1. The van der Waals surface area contributed by atoms with Gasteiger partial charge in [-0.05, 0) is 30.3 Å². The minimum Gasteiger partial charge on any atom is -0.478 e. The first kappa shape index (κ1) is 12.9. The average molecular weight is 267 g/mol. The highest BCUT2D eigenvalue weighted by Crippen LogP contribution is 2.24. The van der Waals surface area contributed by atoms with Gasteiger partial charge in [0.25, 0.3) is 0 Å². The molecule has 0 unspecified atom stereocenters. The summed E-state index contributed by atoms with van der Waals surface area (Å²) in [6.45, 7) is 0. The molecule has 0 saturated carbocycles. The zero-order valence-corrected chi connectivity index (χ0v) is 9.45. The summed E-state index contributed by atoms with van der Waals surface area (Å²) in [5.41, 5.74) is -0.843. The lowest BCUT2D eigenvalue weighted by molar-refractivity contribution is 0.0696. The van der Waals surface area contributed by atoms with Crippen LogP contribution in [0.1, 0.15) is 10.4 Å². The fourth-order valence-electron chi connectivity index (χ4n) is 1.55. The van der Waals surface area contributed by atoms with Crippen molar-refractivity contribution in [3.8, 4) is 0 Å². The summed E-state index contributed by atoms with van der Waals surface area (Å²) >= 11 is 0. The molecular formula is C13H8F3NO2. The Labute approximate surface area is 106 Å². The average Bonchev–Trinajstić information content (AvgIpc) is 2.33. The molecule has 0 heterocycles. The number of carboxylic acid groups (broad SMARTS) is 1. The van der Waals surface area contributed by atoms with Crippen molar-refractivity contribution in [3.05, 3.63) is 59.4 Å². The normalized spacial score (nSPS) is 10.3. The van der Waals surface area contributed by atoms with Gasteiger partial charge in [-0.3, -0.25) is 0 Å². The molecule has 2 aromatic rings. The lowest BCUT2D eigenvalue weighted by Crippen LogP contribution is -2.01. The first-order valence-corrected chi connectivity index (χ1v) is 5.22. The summed E-state index contributed by atoms with van der Waals surface area (Å²) in [6.07, 6.45) is 0. The summed E-state index contributed by atoms with van der Waals surface area (Å²) in [6, 6.07) is 6.08. The molecule has 2 rings (SSSR count). The quantitative estimate of drug-likeness (QED) is 0.894. The third-order valence-electron chi connectivity index (χ3n) is 2.38. The summed E-state index contributed by atoms with van der Waals surface area (Å²) in [7, 11) is 0. The number of halogens is 3. The van der Waals surface area contributed by atoms with Crippen LogP contribution < -0.4 is 5.32 Å². The van der Waals surface area contributed by atoms with E-state index in [1.807, 2.05) is 0 Å². The van der Waals surface area contributed by atoms with E-state index in [1.165, 1.54) is 6.07 Å². The molecule has 0 spiro atoms. The molecule has 98 valence electrons. The number of anilines is 2. The second-order valence-electron chi connectivity index (χ2n) is 3.76. The zero-order valence-electron chi connectivity index (χ0n) is 9.45. The Morgan fingerprint density at radius 1 is 1.05 bits per heavy atom. The van der Waals surface area contributed by atoms with E-state index < -0.39 is 29.1 Å². The molecule has 0 bridgehead atoms. The van der Waals surface area contributed by atoms with Crippen molar-refractivity contribution >= 4 is 17.3 Å². The first-order chi connectivity index (χ1) is 8.97. The molecule has 0 atom stereocenters. The summed E-state index contributed by atoms with van der Waals surface area (Å²) in [5.74, 6) is -3.88. The Morgan fingerprint density at radius 3 is 2.26 bits per heavy atom. The largest absolute Gasteiger partial charge is 0.478 e. The van der Waals surface area contributed by atoms with E-state index in [2.05, 4.69) is 5.32 Å². The number of aromatic carboxylic acids is 1. The number of hydrogen-bond acceptors (Lipinski definition) is 2. The van der Waals surface area contributed by atoms with Crippen molar-refractivity contribution < 1.29 is 23.1 Å². The molecule has 0 aliphatic heterocycles. The Balaban J connectivity index is 2.41. The molecule has 6 heteroatoms. The summed E-state index contributed by atoms with van der Waals surface area (Å²) < 4.78 is 40.0. The molecule has 0 fully saturated rings. The van der Waals surface area contributed by atoms with Crippen LogP contribution in [0.3, 0.4) is 0 Å². The van der Waals surface area contributed by atoms with Crippen LogP contribution in [-0.4, -0.2) is 11.1 Å². The fraction of sp³-hybridized carbons (Fsp3) is 0. The number of rotatable bonds is 3. The molecular weight excluding hydrogens is 259 g/mol. The Bertz CT molecular complexity index is 624. The Kier molecular flexibility index (Phi) is 3.41. The Morgan fingerprint density at radius 2 is 1.68 bits per heavy atom. The number of carboxylic acids is 1. The maximum absolute atomic E-state index is 13.4. The SMILES string of the molecule is O=C(O)c1cc(F)cc(Nc2c(F)cccc2F)c1. The zero-order chi connectivity index (χ0) is 14.0. The molecule has 19 heavy (non-hydrogen) atoms. The third kappa shape index (κ3) is 2.85. The molecule has 2 N–H and O–H groups in total. The van der Waals surface area contributed by atoms with E-state index in [-0.39, 0.29) is 11.3 Å². The van der Waals surface area contributed by atoms with E-state index >= 15 is 0 Å². The van der Waals surface area contributed by atoms with E-state index in [4.69, 9.17) is 5.11 Å². The maximum atomic E-state index is 13.4. The van der Waals surface area contributed by atoms with Gasteiger partial charge in [0.2, 0.25) is 0 Å². The van der Waals surface area contributed by atoms with E-state index in [1.54, 1.807) is 0 Å². The lowest BCUT2D eigenvalue weighted by Gasteiger charge is -2.09. The molecule has 0 radical (unpaired) electrons. The molecule has 0 aromatic heterocycles. The highest BCUT2D eigenvalue weighted by Gasteiger charge is 2.11. The monoisotopic (exact) mass is 267 g/mol. The minimum absolute atomic E-state index is 0.0543. The van der Waals surface area contributed by atoms with Crippen molar-refractivity contribution in [2.75, 3.05) is 5.32 Å². The third-order valence-corrected chi connectivity index (χ3v) is 2.38. The van der Waals surface area contributed by atoms with Crippen LogP contribution in [0.4, 0.5) is 24.5 Å².